The van der Waals surface area contributed by atoms with E-state index < -0.39 is 0 Å². The number of hydrogen-bond acceptors (Lipinski definition) is 2. The van der Waals surface area contributed by atoms with Crippen molar-refractivity contribution in [3.63, 3.8) is 0 Å². The highest BCUT2D eigenvalue weighted by Gasteiger charge is 2.18. The molecule has 0 aliphatic heterocycles. The molecule has 3 nitrogen and oxygen atoms in total. The Balaban J connectivity index is 3.00. The van der Waals surface area contributed by atoms with E-state index in [1.807, 2.05) is 30.9 Å². The number of hydrogen-bond donors (Lipinski definition) is 1. The predicted molar refractivity (Wildman–Crippen MR) is 80.0 cm³/mol. The second kappa shape index (κ2) is 6.23. The molecule has 4 heteroatoms. The molecule has 0 fully saturated rings. The molecule has 0 aliphatic rings. The van der Waals surface area contributed by atoms with Crippen molar-refractivity contribution in [1.82, 2.24) is 4.90 Å². The molecule has 0 bridgehead atoms. The predicted octanol–water partition coefficient (Wildman–Crippen LogP) is 3.13. The van der Waals surface area contributed by atoms with Crippen LogP contribution in [0.1, 0.15) is 37.6 Å². The highest BCUT2D eigenvalue weighted by molar-refractivity contribution is 14.1. The summed E-state index contributed by atoms with van der Waals surface area (Å²) >= 11 is 2.18. The van der Waals surface area contributed by atoms with E-state index in [1.54, 1.807) is 6.07 Å². The number of amides is 1. The Hall–Kier alpha value is -0.780. The number of carbonyl (C=O) groups is 1. The maximum atomic E-state index is 12.3. The molecule has 17 heavy (non-hydrogen) atoms. The summed E-state index contributed by atoms with van der Waals surface area (Å²) in [6.07, 6.45) is 0.962. The van der Waals surface area contributed by atoms with Crippen molar-refractivity contribution in [3.8, 4) is 0 Å². The molecule has 2 N–H and O–H groups in total. The van der Waals surface area contributed by atoms with E-state index in [0.717, 1.165) is 16.5 Å². The van der Waals surface area contributed by atoms with Gasteiger partial charge >= 0.3 is 0 Å². The van der Waals surface area contributed by atoms with Gasteiger partial charge in [-0.3, -0.25) is 4.79 Å². The van der Waals surface area contributed by atoms with E-state index in [2.05, 4.69) is 29.5 Å². The molecule has 0 aromatic heterocycles. The van der Waals surface area contributed by atoms with Crippen molar-refractivity contribution in [1.29, 1.82) is 0 Å². The number of nitrogen functional groups attached to an aromatic ring is 1. The number of halogens is 1. The molecule has 94 valence electrons. The lowest BCUT2D eigenvalue weighted by atomic mass is 10.1. The van der Waals surface area contributed by atoms with Crippen molar-refractivity contribution in [2.24, 2.45) is 0 Å². The number of carbonyl (C=O) groups excluding carboxylic acids is 1. The maximum absolute atomic E-state index is 12.3. The van der Waals surface area contributed by atoms with E-state index in [4.69, 9.17) is 5.73 Å². The molecule has 1 aromatic carbocycles. The molecule has 0 saturated heterocycles. The number of rotatable bonds is 4. The third kappa shape index (κ3) is 3.87. The van der Waals surface area contributed by atoms with Crippen LogP contribution in [-0.4, -0.2) is 23.4 Å². The third-order valence-corrected chi connectivity index (χ3v) is 3.14. The molecular formula is C13H19IN2O. The molecule has 1 amide bonds. The molecular weight excluding hydrogens is 327 g/mol. The van der Waals surface area contributed by atoms with Crippen LogP contribution in [0.3, 0.4) is 0 Å². The van der Waals surface area contributed by atoms with E-state index in [0.29, 0.717) is 11.3 Å². The summed E-state index contributed by atoms with van der Waals surface area (Å²) in [6, 6.07) is 5.69. The van der Waals surface area contributed by atoms with Crippen molar-refractivity contribution in [2.75, 3.05) is 12.3 Å². The largest absolute Gasteiger partial charge is 0.399 e. The van der Waals surface area contributed by atoms with Crippen LogP contribution in [0.25, 0.3) is 0 Å². The first-order valence-corrected chi connectivity index (χ1v) is 6.90. The van der Waals surface area contributed by atoms with E-state index in [1.165, 1.54) is 0 Å². The monoisotopic (exact) mass is 346 g/mol. The summed E-state index contributed by atoms with van der Waals surface area (Å²) in [5, 5.41) is 0. The highest BCUT2D eigenvalue weighted by atomic mass is 127. The molecule has 0 saturated carbocycles. The Morgan fingerprint density at radius 2 is 2.06 bits per heavy atom. The Bertz CT molecular complexity index is 384. The molecule has 0 radical (unpaired) electrons. The van der Waals surface area contributed by atoms with Crippen LogP contribution >= 0.6 is 22.6 Å². The molecule has 1 aromatic rings. The van der Waals surface area contributed by atoms with Crippen molar-refractivity contribution in [2.45, 2.75) is 33.2 Å². The van der Waals surface area contributed by atoms with Crippen LogP contribution in [0.15, 0.2) is 18.2 Å². The Labute approximate surface area is 117 Å². The van der Waals surface area contributed by atoms with Crippen molar-refractivity contribution in [3.05, 3.63) is 27.3 Å². The fourth-order valence-electron chi connectivity index (χ4n) is 1.74. The third-order valence-electron chi connectivity index (χ3n) is 2.52. The fraction of sp³-hybridized carbons (Fsp3) is 0.462. The topological polar surface area (TPSA) is 46.3 Å². The van der Waals surface area contributed by atoms with Crippen molar-refractivity contribution < 1.29 is 4.79 Å². The minimum Gasteiger partial charge on any atom is -0.399 e. The first kappa shape index (κ1) is 14.3. The number of nitrogens with zero attached hydrogens (tertiary/aromatic N) is 1. The molecule has 0 atom stereocenters. The Morgan fingerprint density at radius 3 is 2.53 bits per heavy atom. The average Bonchev–Trinajstić information content (AvgIpc) is 2.23. The SMILES string of the molecule is CCCN(C(=O)c1cc(N)cc(I)c1)C(C)C. The van der Waals surface area contributed by atoms with Crippen LogP contribution in [0.5, 0.6) is 0 Å². The van der Waals surface area contributed by atoms with E-state index in [-0.39, 0.29) is 11.9 Å². The summed E-state index contributed by atoms with van der Waals surface area (Å²) in [7, 11) is 0. The lowest BCUT2D eigenvalue weighted by molar-refractivity contribution is 0.0706. The second-order valence-corrected chi connectivity index (χ2v) is 5.61. The lowest BCUT2D eigenvalue weighted by Crippen LogP contribution is -2.37. The quantitative estimate of drug-likeness (QED) is 0.673. The van der Waals surface area contributed by atoms with Gasteiger partial charge in [-0.15, -0.1) is 0 Å². The van der Waals surface area contributed by atoms with Gasteiger partial charge in [-0.2, -0.15) is 0 Å². The molecule has 0 spiro atoms. The summed E-state index contributed by atoms with van der Waals surface area (Å²) < 4.78 is 0.992. The van der Waals surface area contributed by atoms with Gasteiger partial charge in [0.05, 0.1) is 0 Å². The first-order valence-electron chi connectivity index (χ1n) is 5.82. The Kier molecular flexibility index (Phi) is 5.24. The summed E-state index contributed by atoms with van der Waals surface area (Å²) in [4.78, 5) is 14.2. The summed E-state index contributed by atoms with van der Waals surface area (Å²) in [6.45, 7) is 6.92. The normalized spacial score (nSPS) is 10.6. The lowest BCUT2D eigenvalue weighted by Gasteiger charge is -2.26. The number of anilines is 1. The molecule has 1 rings (SSSR count). The van der Waals surface area contributed by atoms with Crippen LogP contribution in [0, 0.1) is 3.57 Å². The van der Waals surface area contributed by atoms with Crippen molar-refractivity contribution >= 4 is 34.2 Å². The average molecular weight is 346 g/mol. The van der Waals surface area contributed by atoms with E-state index in [9.17, 15) is 4.79 Å². The fourth-order valence-corrected chi connectivity index (χ4v) is 2.43. The minimum atomic E-state index is 0.0621. The van der Waals surface area contributed by atoms with Gasteiger partial charge in [0.2, 0.25) is 0 Å². The minimum absolute atomic E-state index is 0.0621. The summed E-state index contributed by atoms with van der Waals surface area (Å²) in [5.74, 6) is 0.0621. The van der Waals surface area contributed by atoms with Gasteiger partial charge in [0.25, 0.3) is 5.91 Å². The van der Waals surface area contributed by atoms with Crippen LogP contribution in [0.2, 0.25) is 0 Å². The number of benzene rings is 1. The second-order valence-electron chi connectivity index (χ2n) is 4.37. The van der Waals surface area contributed by atoms with Gasteiger partial charge in [-0.05, 0) is 61.1 Å². The smallest absolute Gasteiger partial charge is 0.254 e. The van der Waals surface area contributed by atoms with Crippen LogP contribution in [0.4, 0.5) is 5.69 Å². The van der Waals surface area contributed by atoms with Gasteiger partial charge in [0.1, 0.15) is 0 Å². The first-order chi connectivity index (χ1) is 7.95. The zero-order valence-electron chi connectivity index (χ0n) is 10.5. The Morgan fingerprint density at radius 1 is 1.41 bits per heavy atom. The zero-order chi connectivity index (χ0) is 13.0. The molecule has 0 unspecified atom stereocenters. The maximum Gasteiger partial charge on any atom is 0.254 e. The van der Waals surface area contributed by atoms with Gasteiger partial charge in [0, 0.05) is 27.4 Å². The zero-order valence-corrected chi connectivity index (χ0v) is 12.7. The number of nitrogens with two attached hydrogens (primary N) is 1. The highest BCUT2D eigenvalue weighted by Crippen LogP contribution is 2.17. The standard InChI is InChI=1S/C13H19IN2O/c1-4-5-16(9(2)3)13(17)10-6-11(14)8-12(15)7-10/h6-9H,4-5,15H2,1-3H3. The summed E-state index contributed by atoms with van der Waals surface area (Å²) in [5.41, 5.74) is 7.09. The molecule has 0 aliphatic carbocycles. The van der Waals surface area contributed by atoms with Crippen LogP contribution in [-0.2, 0) is 0 Å². The van der Waals surface area contributed by atoms with Gasteiger partial charge in [-0.25, -0.2) is 0 Å². The van der Waals surface area contributed by atoms with Gasteiger partial charge in [0.15, 0.2) is 0 Å². The van der Waals surface area contributed by atoms with Gasteiger partial charge < -0.3 is 10.6 Å². The molecule has 0 heterocycles. The van der Waals surface area contributed by atoms with E-state index >= 15 is 0 Å². The van der Waals surface area contributed by atoms with Crippen LogP contribution < -0.4 is 5.73 Å². The van der Waals surface area contributed by atoms with Gasteiger partial charge in [-0.1, -0.05) is 6.92 Å².